The van der Waals surface area contributed by atoms with Gasteiger partial charge in [-0.15, -0.1) is 0 Å². The molecule has 1 aromatic carbocycles. The minimum atomic E-state index is -3.17. The van der Waals surface area contributed by atoms with Crippen molar-refractivity contribution in [3.63, 3.8) is 0 Å². The van der Waals surface area contributed by atoms with Crippen molar-refractivity contribution >= 4 is 16.0 Å². The SMILES string of the molecule is CS(=O)(=O)N1CCC[C@@H](c2ccc(-c3ccc(C(=O)O)cc3)cn2)C1. The van der Waals surface area contributed by atoms with Crippen molar-refractivity contribution in [3.05, 3.63) is 53.9 Å². The van der Waals surface area contributed by atoms with Crippen molar-refractivity contribution in [1.82, 2.24) is 9.29 Å². The van der Waals surface area contributed by atoms with E-state index >= 15 is 0 Å². The number of nitrogens with zero attached hydrogens (tertiary/aromatic N) is 2. The van der Waals surface area contributed by atoms with Gasteiger partial charge in [0.15, 0.2) is 0 Å². The average Bonchev–Trinajstić information content (AvgIpc) is 2.61. The molecule has 1 atom stereocenters. The molecule has 0 amide bonds. The van der Waals surface area contributed by atoms with Crippen LogP contribution in [0.1, 0.15) is 34.8 Å². The predicted octanol–water partition coefficient (Wildman–Crippen LogP) is 2.59. The van der Waals surface area contributed by atoms with Gasteiger partial charge in [-0.05, 0) is 36.6 Å². The van der Waals surface area contributed by atoms with Crippen LogP contribution >= 0.6 is 0 Å². The lowest BCUT2D eigenvalue weighted by Gasteiger charge is -2.30. The number of rotatable bonds is 4. The molecular weight excluding hydrogens is 340 g/mol. The molecule has 3 rings (SSSR count). The number of aromatic nitrogens is 1. The highest BCUT2D eigenvalue weighted by molar-refractivity contribution is 7.88. The average molecular weight is 360 g/mol. The third-order valence-corrected chi connectivity index (χ3v) is 5.79. The van der Waals surface area contributed by atoms with Crippen LogP contribution < -0.4 is 0 Å². The maximum atomic E-state index is 11.7. The summed E-state index contributed by atoms with van der Waals surface area (Å²) in [5.41, 5.74) is 2.93. The highest BCUT2D eigenvalue weighted by Gasteiger charge is 2.27. The second-order valence-corrected chi connectivity index (χ2v) is 8.30. The molecule has 2 heterocycles. The standard InChI is InChI=1S/C18H20N2O4S/c1-25(23,24)20-10-2-3-16(12-20)17-9-8-15(11-19-17)13-4-6-14(7-5-13)18(21)22/h4-9,11,16H,2-3,10,12H2,1H3,(H,21,22)/t16-/m1/s1. The fourth-order valence-electron chi connectivity index (χ4n) is 3.11. The van der Waals surface area contributed by atoms with E-state index in [0.29, 0.717) is 13.1 Å². The number of carboxylic acid groups (broad SMARTS) is 1. The molecule has 0 bridgehead atoms. The van der Waals surface area contributed by atoms with E-state index in [4.69, 9.17) is 5.11 Å². The monoisotopic (exact) mass is 360 g/mol. The zero-order valence-electron chi connectivity index (χ0n) is 13.9. The van der Waals surface area contributed by atoms with Gasteiger partial charge in [-0.3, -0.25) is 4.98 Å². The molecule has 1 saturated heterocycles. The summed E-state index contributed by atoms with van der Waals surface area (Å²) in [4.78, 5) is 15.4. The summed E-state index contributed by atoms with van der Waals surface area (Å²) in [6.07, 6.45) is 4.75. The van der Waals surface area contributed by atoms with Gasteiger partial charge in [0.05, 0.1) is 11.8 Å². The fourth-order valence-corrected chi connectivity index (χ4v) is 4.02. The van der Waals surface area contributed by atoms with Gasteiger partial charge in [0.25, 0.3) is 0 Å². The normalized spacial score (nSPS) is 18.8. The van der Waals surface area contributed by atoms with E-state index in [1.165, 1.54) is 10.6 Å². The molecule has 0 saturated carbocycles. The lowest BCUT2D eigenvalue weighted by molar-refractivity contribution is 0.0697. The molecule has 132 valence electrons. The summed E-state index contributed by atoms with van der Waals surface area (Å²) >= 11 is 0. The van der Waals surface area contributed by atoms with Crippen LogP contribution in [-0.2, 0) is 10.0 Å². The molecule has 0 spiro atoms. The molecule has 0 unspecified atom stereocenters. The number of aromatic carboxylic acids is 1. The minimum absolute atomic E-state index is 0.104. The topological polar surface area (TPSA) is 87.6 Å². The van der Waals surface area contributed by atoms with Crippen LogP contribution in [0, 0.1) is 0 Å². The molecule has 1 aliphatic rings. The number of carbonyl (C=O) groups is 1. The van der Waals surface area contributed by atoms with Crippen LogP contribution in [-0.4, -0.2) is 48.1 Å². The molecule has 1 aromatic heterocycles. The molecule has 7 heteroatoms. The Hall–Kier alpha value is -2.25. The van der Waals surface area contributed by atoms with Crippen LogP contribution in [0.25, 0.3) is 11.1 Å². The van der Waals surface area contributed by atoms with Crippen LogP contribution in [0.5, 0.6) is 0 Å². The summed E-state index contributed by atoms with van der Waals surface area (Å²) in [6, 6.07) is 10.5. The van der Waals surface area contributed by atoms with Crippen LogP contribution in [0.15, 0.2) is 42.6 Å². The van der Waals surface area contributed by atoms with E-state index in [0.717, 1.165) is 29.7 Å². The van der Waals surface area contributed by atoms with Gasteiger partial charge < -0.3 is 5.11 Å². The molecule has 0 radical (unpaired) electrons. The lowest BCUT2D eigenvalue weighted by Crippen LogP contribution is -2.38. The van der Waals surface area contributed by atoms with Gasteiger partial charge in [0.1, 0.15) is 0 Å². The zero-order chi connectivity index (χ0) is 18.0. The van der Waals surface area contributed by atoms with Gasteiger partial charge in [0, 0.05) is 36.5 Å². The third kappa shape index (κ3) is 4.05. The van der Waals surface area contributed by atoms with E-state index in [1.54, 1.807) is 30.5 Å². The summed E-state index contributed by atoms with van der Waals surface area (Å²) in [6.45, 7) is 1.04. The Kier molecular flexibility index (Phi) is 4.87. The molecule has 1 N–H and O–H groups in total. The van der Waals surface area contributed by atoms with Gasteiger partial charge in [-0.2, -0.15) is 0 Å². The summed E-state index contributed by atoms with van der Waals surface area (Å²) in [5.74, 6) is -0.848. The second kappa shape index (κ2) is 6.93. The Bertz CT molecular complexity index is 861. The molecular formula is C18H20N2O4S. The van der Waals surface area contributed by atoms with Crippen molar-refractivity contribution in [2.45, 2.75) is 18.8 Å². The summed E-state index contributed by atoms with van der Waals surface area (Å²) in [7, 11) is -3.17. The Balaban J connectivity index is 1.77. The van der Waals surface area contributed by atoms with E-state index in [-0.39, 0.29) is 11.5 Å². The Morgan fingerprint density at radius 1 is 1.16 bits per heavy atom. The quantitative estimate of drug-likeness (QED) is 0.905. The first-order valence-corrected chi connectivity index (χ1v) is 9.94. The Morgan fingerprint density at radius 2 is 1.84 bits per heavy atom. The first-order chi connectivity index (χ1) is 11.8. The zero-order valence-corrected chi connectivity index (χ0v) is 14.7. The smallest absolute Gasteiger partial charge is 0.335 e. The lowest BCUT2D eigenvalue weighted by atomic mass is 9.95. The largest absolute Gasteiger partial charge is 0.478 e. The first kappa shape index (κ1) is 17.6. The van der Waals surface area contributed by atoms with Gasteiger partial charge in [-0.25, -0.2) is 17.5 Å². The van der Waals surface area contributed by atoms with Gasteiger partial charge in [0.2, 0.25) is 10.0 Å². The Morgan fingerprint density at radius 3 is 2.40 bits per heavy atom. The summed E-state index contributed by atoms with van der Waals surface area (Å²) in [5, 5.41) is 8.95. The molecule has 2 aromatic rings. The van der Waals surface area contributed by atoms with Crippen LogP contribution in [0.4, 0.5) is 0 Å². The highest BCUT2D eigenvalue weighted by Crippen LogP contribution is 2.28. The van der Waals surface area contributed by atoms with Crippen LogP contribution in [0.2, 0.25) is 0 Å². The number of carboxylic acids is 1. The molecule has 1 aliphatic heterocycles. The van der Waals surface area contributed by atoms with Gasteiger partial charge >= 0.3 is 5.97 Å². The highest BCUT2D eigenvalue weighted by atomic mass is 32.2. The van der Waals surface area contributed by atoms with Crippen molar-refractivity contribution in [2.24, 2.45) is 0 Å². The predicted molar refractivity (Wildman–Crippen MR) is 95.0 cm³/mol. The fraction of sp³-hybridized carbons (Fsp3) is 0.333. The minimum Gasteiger partial charge on any atom is -0.478 e. The first-order valence-electron chi connectivity index (χ1n) is 8.09. The number of sulfonamides is 1. The number of hydrogen-bond acceptors (Lipinski definition) is 4. The number of pyridine rings is 1. The van der Waals surface area contributed by atoms with Crippen molar-refractivity contribution in [1.29, 1.82) is 0 Å². The molecule has 1 fully saturated rings. The number of hydrogen-bond donors (Lipinski definition) is 1. The van der Waals surface area contributed by atoms with Gasteiger partial charge in [-0.1, -0.05) is 18.2 Å². The Labute approximate surface area is 147 Å². The van der Waals surface area contributed by atoms with Crippen molar-refractivity contribution in [3.8, 4) is 11.1 Å². The summed E-state index contributed by atoms with van der Waals surface area (Å²) < 4.78 is 25.0. The molecule has 6 nitrogen and oxygen atoms in total. The molecule has 25 heavy (non-hydrogen) atoms. The van der Waals surface area contributed by atoms with E-state index in [9.17, 15) is 13.2 Å². The van der Waals surface area contributed by atoms with E-state index < -0.39 is 16.0 Å². The maximum Gasteiger partial charge on any atom is 0.335 e. The third-order valence-electron chi connectivity index (χ3n) is 4.52. The number of benzene rings is 1. The van der Waals surface area contributed by atoms with Crippen molar-refractivity contribution in [2.75, 3.05) is 19.3 Å². The van der Waals surface area contributed by atoms with E-state index in [2.05, 4.69) is 4.98 Å². The molecule has 0 aliphatic carbocycles. The van der Waals surface area contributed by atoms with Crippen LogP contribution in [0.3, 0.4) is 0 Å². The van der Waals surface area contributed by atoms with E-state index in [1.807, 2.05) is 12.1 Å². The van der Waals surface area contributed by atoms with Crippen molar-refractivity contribution < 1.29 is 18.3 Å². The number of piperidine rings is 1. The second-order valence-electron chi connectivity index (χ2n) is 6.31. The maximum absolute atomic E-state index is 11.7.